The molecule has 0 spiro atoms. The van der Waals surface area contributed by atoms with Crippen molar-refractivity contribution < 1.29 is 31.8 Å². The van der Waals surface area contributed by atoms with E-state index in [-0.39, 0.29) is 35.4 Å². The predicted octanol–water partition coefficient (Wildman–Crippen LogP) is 5.30. The molecule has 0 aliphatic carbocycles. The minimum absolute atomic E-state index is 0.0666. The van der Waals surface area contributed by atoms with Gasteiger partial charge in [0.1, 0.15) is 5.82 Å². The van der Waals surface area contributed by atoms with E-state index in [1.165, 1.54) is 12.3 Å². The number of rotatable bonds is 4. The van der Waals surface area contributed by atoms with Crippen molar-refractivity contribution in [2.75, 3.05) is 13.2 Å². The SMILES string of the molecule is CCOC(=O)c1cnc2c(-c3cc(F)cc(F)c3F)c(C3CCOC3F)ccc2c1. The predicted molar refractivity (Wildman–Crippen MR) is 101 cm³/mol. The molecule has 8 heteroatoms. The number of fused-ring (bicyclic) bond motifs is 1. The average Bonchev–Trinajstić information content (AvgIpc) is 3.15. The second kappa shape index (κ2) is 8.02. The summed E-state index contributed by atoms with van der Waals surface area (Å²) in [6, 6.07) is 5.91. The van der Waals surface area contributed by atoms with E-state index < -0.39 is 35.7 Å². The van der Waals surface area contributed by atoms with Gasteiger partial charge in [-0.1, -0.05) is 12.1 Å². The van der Waals surface area contributed by atoms with Crippen molar-refractivity contribution in [2.45, 2.75) is 25.6 Å². The first-order chi connectivity index (χ1) is 14.4. The first-order valence-corrected chi connectivity index (χ1v) is 9.41. The van der Waals surface area contributed by atoms with Crippen LogP contribution in [0.4, 0.5) is 17.6 Å². The number of esters is 1. The molecule has 0 saturated carbocycles. The molecule has 0 amide bonds. The van der Waals surface area contributed by atoms with Gasteiger partial charge in [-0.25, -0.2) is 22.4 Å². The van der Waals surface area contributed by atoms with Crippen LogP contribution in [0.2, 0.25) is 0 Å². The molecule has 1 aliphatic heterocycles. The van der Waals surface area contributed by atoms with Crippen LogP contribution in [0.25, 0.3) is 22.0 Å². The van der Waals surface area contributed by atoms with Crippen molar-refractivity contribution in [3.05, 3.63) is 65.1 Å². The summed E-state index contributed by atoms with van der Waals surface area (Å²) < 4.78 is 66.9. The Bertz CT molecular complexity index is 1140. The third-order valence-electron chi connectivity index (χ3n) is 5.08. The molecule has 3 aromatic rings. The molecule has 4 rings (SSSR count). The highest BCUT2D eigenvalue weighted by Crippen LogP contribution is 2.42. The maximum Gasteiger partial charge on any atom is 0.339 e. The number of carbonyl (C=O) groups excluding carboxylic acids is 1. The zero-order valence-corrected chi connectivity index (χ0v) is 15.9. The molecule has 2 atom stereocenters. The van der Waals surface area contributed by atoms with Gasteiger partial charge in [0.25, 0.3) is 0 Å². The number of alkyl halides is 1. The number of pyridine rings is 1. The van der Waals surface area contributed by atoms with E-state index in [1.54, 1.807) is 19.1 Å². The third-order valence-corrected chi connectivity index (χ3v) is 5.08. The van der Waals surface area contributed by atoms with Gasteiger partial charge in [-0.3, -0.25) is 4.98 Å². The van der Waals surface area contributed by atoms with Crippen LogP contribution < -0.4 is 0 Å². The molecule has 0 bridgehead atoms. The Morgan fingerprint density at radius 3 is 2.73 bits per heavy atom. The minimum Gasteiger partial charge on any atom is -0.462 e. The van der Waals surface area contributed by atoms with E-state index in [4.69, 9.17) is 9.47 Å². The van der Waals surface area contributed by atoms with Gasteiger partial charge in [-0.05, 0) is 31.0 Å². The summed E-state index contributed by atoms with van der Waals surface area (Å²) in [6.07, 6.45) is -0.0827. The molecule has 4 nitrogen and oxygen atoms in total. The summed E-state index contributed by atoms with van der Waals surface area (Å²) in [5.74, 6) is -4.95. The number of nitrogens with zero attached hydrogens (tertiary/aromatic N) is 1. The van der Waals surface area contributed by atoms with E-state index in [2.05, 4.69) is 4.98 Å². The van der Waals surface area contributed by atoms with Crippen LogP contribution >= 0.6 is 0 Å². The Labute approximate surface area is 169 Å². The number of carbonyl (C=O) groups is 1. The lowest BCUT2D eigenvalue weighted by atomic mass is 9.87. The summed E-state index contributed by atoms with van der Waals surface area (Å²) in [4.78, 5) is 16.3. The van der Waals surface area contributed by atoms with Gasteiger partial charge in [0.15, 0.2) is 11.6 Å². The summed E-state index contributed by atoms with van der Waals surface area (Å²) in [7, 11) is 0. The van der Waals surface area contributed by atoms with Crippen molar-refractivity contribution in [3.8, 4) is 11.1 Å². The average molecular weight is 419 g/mol. The maximum absolute atomic E-state index is 14.7. The fourth-order valence-electron chi connectivity index (χ4n) is 3.72. The fraction of sp³-hybridized carbons (Fsp3) is 0.273. The van der Waals surface area contributed by atoms with E-state index in [0.717, 1.165) is 6.07 Å². The Morgan fingerprint density at radius 1 is 1.23 bits per heavy atom. The first kappa shape index (κ1) is 20.3. The molecule has 2 heterocycles. The Balaban J connectivity index is 1.99. The van der Waals surface area contributed by atoms with Crippen LogP contribution in [0.1, 0.15) is 35.2 Å². The van der Waals surface area contributed by atoms with Gasteiger partial charge < -0.3 is 9.47 Å². The topological polar surface area (TPSA) is 48.4 Å². The first-order valence-electron chi connectivity index (χ1n) is 9.41. The van der Waals surface area contributed by atoms with Crippen molar-refractivity contribution in [3.63, 3.8) is 0 Å². The van der Waals surface area contributed by atoms with Crippen molar-refractivity contribution >= 4 is 16.9 Å². The summed E-state index contributed by atoms with van der Waals surface area (Å²) in [5, 5.41) is 0.415. The molecule has 2 unspecified atom stereocenters. The van der Waals surface area contributed by atoms with Gasteiger partial charge >= 0.3 is 5.97 Å². The molecule has 1 aromatic heterocycles. The van der Waals surface area contributed by atoms with Crippen molar-refractivity contribution in [2.24, 2.45) is 0 Å². The van der Waals surface area contributed by atoms with Gasteiger partial charge in [-0.2, -0.15) is 0 Å². The quantitative estimate of drug-likeness (QED) is 0.327. The number of benzene rings is 2. The largest absolute Gasteiger partial charge is 0.462 e. The zero-order valence-electron chi connectivity index (χ0n) is 15.9. The van der Waals surface area contributed by atoms with Crippen LogP contribution in [0, 0.1) is 17.5 Å². The summed E-state index contributed by atoms with van der Waals surface area (Å²) >= 11 is 0. The third kappa shape index (κ3) is 3.52. The van der Waals surface area contributed by atoms with Crippen LogP contribution in [0.15, 0.2) is 36.5 Å². The molecule has 1 fully saturated rings. The lowest BCUT2D eigenvalue weighted by Crippen LogP contribution is -2.11. The lowest BCUT2D eigenvalue weighted by Gasteiger charge is -2.19. The molecule has 156 valence electrons. The molecular weight excluding hydrogens is 402 g/mol. The number of halogens is 4. The highest BCUT2D eigenvalue weighted by atomic mass is 19.2. The van der Waals surface area contributed by atoms with Gasteiger partial charge in [0, 0.05) is 34.7 Å². The van der Waals surface area contributed by atoms with Crippen molar-refractivity contribution in [1.82, 2.24) is 4.98 Å². The number of hydrogen-bond acceptors (Lipinski definition) is 4. The van der Waals surface area contributed by atoms with E-state index >= 15 is 0 Å². The van der Waals surface area contributed by atoms with Crippen LogP contribution in [0.3, 0.4) is 0 Å². The van der Waals surface area contributed by atoms with Crippen LogP contribution in [-0.2, 0) is 9.47 Å². The smallest absolute Gasteiger partial charge is 0.339 e. The number of aromatic nitrogens is 1. The van der Waals surface area contributed by atoms with Crippen molar-refractivity contribution in [1.29, 1.82) is 0 Å². The minimum atomic E-state index is -1.64. The second-order valence-corrected chi connectivity index (χ2v) is 6.91. The normalized spacial score (nSPS) is 18.7. The molecule has 2 aromatic carbocycles. The monoisotopic (exact) mass is 419 g/mol. The lowest BCUT2D eigenvalue weighted by molar-refractivity contribution is 0.000494. The second-order valence-electron chi connectivity index (χ2n) is 6.91. The Morgan fingerprint density at radius 2 is 2.03 bits per heavy atom. The Hall–Kier alpha value is -3.00. The molecule has 30 heavy (non-hydrogen) atoms. The molecular formula is C22H17F4NO3. The van der Waals surface area contributed by atoms with Gasteiger partial charge in [0.2, 0.25) is 6.36 Å². The summed E-state index contributed by atoms with van der Waals surface area (Å²) in [5.41, 5.74) is 0.374. The van der Waals surface area contributed by atoms with Crippen LogP contribution in [-0.4, -0.2) is 30.5 Å². The van der Waals surface area contributed by atoms with E-state index in [0.29, 0.717) is 23.4 Å². The Kier molecular flexibility index (Phi) is 5.42. The molecule has 1 aliphatic rings. The highest BCUT2D eigenvalue weighted by molar-refractivity contribution is 6.00. The van der Waals surface area contributed by atoms with Gasteiger partial charge in [0.05, 0.1) is 24.3 Å². The summed E-state index contributed by atoms with van der Waals surface area (Å²) in [6.45, 7) is 2.00. The standard InChI is InChI=1S/C22H17F4NO3/c1-2-29-22(28)12-7-11-3-4-14(15-5-6-30-21(15)26)18(20(11)27-10-12)16-8-13(23)9-17(24)19(16)25/h3-4,7-10,15,21H,2,5-6H2,1H3. The number of hydrogen-bond donors (Lipinski definition) is 0. The van der Waals surface area contributed by atoms with Crippen LogP contribution in [0.5, 0.6) is 0 Å². The zero-order chi connectivity index (χ0) is 21.4. The number of ether oxygens (including phenoxy) is 2. The fourth-order valence-corrected chi connectivity index (χ4v) is 3.72. The van der Waals surface area contributed by atoms with E-state index in [9.17, 15) is 22.4 Å². The van der Waals surface area contributed by atoms with Gasteiger partial charge in [-0.15, -0.1) is 0 Å². The molecule has 1 saturated heterocycles. The molecule has 0 radical (unpaired) electrons. The molecule has 0 N–H and O–H groups in total. The van der Waals surface area contributed by atoms with E-state index in [1.807, 2.05) is 0 Å². The highest BCUT2D eigenvalue weighted by Gasteiger charge is 2.33. The maximum atomic E-state index is 14.7.